The first-order valence-electron chi connectivity index (χ1n) is 10.4. The Bertz CT molecular complexity index is 593. The lowest BCUT2D eigenvalue weighted by Gasteiger charge is -2.35. The van der Waals surface area contributed by atoms with Gasteiger partial charge in [-0.1, -0.05) is 24.3 Å². The quantitative estimate of drug-likeness (QED) is 0.760. The third-order valence-electron chi connectivity index (χ3n) is 5.97. The fourth-order valence-electron chi connectivity index (χ4n) is 4.23. The van der Waals surface area contributed by atoms with E-state index in [1.54, 1.807) is 0 Å². The Morgan fingerprint density at radius 3 is 2.67 bits per heavy atom. The Kier molecular flexibility index (Phi) is 7.68. The molecular formula is C22H34N2O3. The van der Waals surface area contributed by atoms with Crippen LogP contribution in [0.15, 0.2) is 24.3 Å². The summed E-state index contributed by atoms with van der Waals surface area (Å²) in [6.45, 7) is 7.58. The third-order valence-corrected chi connectivity index (χ3v) is 5.97. The number of aliphatic hydroxyl groups excluding tert-OH is 1. The van der Waals surface area contributed by atoms with Crippen LogP contribution in [-0.4, -0.2) is 66.3 Å². The average molecular weight is 375 g/mol. The zero-order valence-corrected chi connectivity index (χ0v) is 16.6. The number of nitrogens with zero attached hydrogens (tertiary/aromatic N) is 2. The smallest absolute Gasteiger partial charge is 0.224 e. The van der Waals surface area contributed by atoms with Crippen LogP contribution in [0.3, 0.4) is 0 Å². The Hall–Kier alpha value is -1.43. The number of hydrogen-bond donors (Lipinski definition) is 1. The maximum atomic E-state index is 12.4. The number of amides is 1. The van der Waals surface area contributed by atoms with Crippen LogP contribution in [-0.2, 0) is 16.1 Å². The molecule has 1 N–H and O–H groups in total. The van der Waals surface area contributed by atoms with Crippen molar-refractivity contribution in [3.63, 3.8) is 0 Å². The van der Waals surface area contributed by atoms with Crippen LogP contribution in [0.5, 0.6) is 0 Å². The maximum Gasteiger partial charge on any atom is 0.224 e. The molecule has 1 aromatic carbocycles. The van der Waals surface area contributed by atoms with Crippen LogP contribution < -0.4 is 0 Å². The number of likely N-dealkylation sites (tertiary alicyclic amines) is 1. The highest BCUT2D eigenvalue weighted by Gasteiger charge is 2.27. The number of piperidine rings is 1. The summed E-state index contributed by atoms with van der Waals surface area (Å²) in [5.41, 5.74) is 2.77. The first-order chi connectivity index (χ1) is 13.2. The largest absolute Gasteiger partial charge is 0.396 e. The molecule has 1 amide bonds. The predicted octanol–water partition coefficient (Wildman–Crippen LogP) is 2.60. The second-order valence-electron chi connectivity index (χ2n) is 8.05. The number of ether oxygens (including phenoxy) is 1. The summed E-state index contributed by atoms with van der Waals surface area (Å²) in [4.78, 5) is 16.9. The summed E-state index contributed by atoms with van der Waals surface area (Å²) >= 11 is 0. The average Bonchev–Trinajstić information content (AvgIpc) is 3.18. The molecular weight excluding hydrogens is 340 g/mol. The molecule has 1 aromatic rings. The van der Waals surface area contributed by atoms with Gasteiger partial charge in [0.05, 0.1) is 12.7 Å². The molecule has 27 heavy (non-hydrogen) atoms. The Labute approximate surface area is 163 Å². The van der Waals surface area contributed by atoms with Crippen LogP contribution in [0.1, 0.15) is 43.2 Å². The molecule has 0 radical (unpaired) electrons. The number of aryl methyl sites for hydroxylation is 1. The van der Waals surface area contributed by atoms with Gasteiger partial charge >= 0.3 is 0 Å². The molecule has 150 valence electrons. The Morgan fingerprint density at radius 2 is 2.00 bits per heavy atom. The molecule has 3 rings (SSSR count). The zero-order chi connectivity index (χ0) is 19.1. The number of rotatable bonds is 8. The van der Waals surface area contributed by atoms with Gasteiger partial charge in [0.1, 0.15) is 0 Å². The number of carbonyl (C=O) groups is 1. The summed E-state index contributed by atoms with van der Waals surface area (Å²) in [6.07, 6.45) is 4.77. The highest BCUT2D eigenvalue weighted by Crippen LogP contribution is 2.22. The van der Waals surface area contributed by atoms with Gasteiger partial charge in [-0.05, 0) is 62.7 Å². The lowest BCUT2D eigenvalue weighted by molar-refractivity contribution is -0.134. The number of benzene rings is 1. The van der Waals surface area contributed by atoms with Crippen molar-refractivity contribution in [3.8, 4) is 0 Å². The summed E-state index contributed by atoms with van der Waals surface area (Å²) in [6, 6.07) is 8.61. The molecule has 0 bridgehead atoms. The summed E-state index contributed by atoms with van der Waals surface area (Å²) in [5.74, 6) is 0.609. The van der Waals surface area contributed by atoms with Crippen molar-refractivity contribution in [2.24, 2.45) is 5.92 Å². The van der Waals surface area contributed by atoms with E-state index in [2.05, 4.69) is 36.1 Å². The van der Waals surface area contributed by atoms with Crippen LogP contribution in [0, 0.1) is 12.8 Å². The third kappa shape index (κ3) is 6.03. The summed E-state index contributed by atoms with van der Waals surface area (Å²) in [7, 11) is 0. The molecule has 1 atom stereocenters. The minimum Gasteiger partial charge on any atom is -0.396 e. The van der Waals surface area contributed by atoms with Gasteiger partial charge in [-0.3, -0.25) is 9.69 Å². The molecule has 0 unspecified atom stereocenters. The maximum absolute atomic E-state index is 12.4. The molecule has 0 aliphatic carbocycles. The van der Waals surface area contributed by atoms with Gasteiger partial charge in [0.15, 0.2) is 0 Å². The van der Waals surface area contributed by atoms with Gasteiger partial charge in [0.2, 0.25) is 5.91 Å². The molecule has 5 heteroatoms. The number of aliphatic hydroxyl groups is 1. The lowest BCUT2D eigenvalue weighted by Crippen LogP contribution is -2.43. The van der Waals surface area contributed by atoms with E-state index in [0.717, 1.165) is 58.5 Å². The molecule has 2 aliphatic rings. The van der Waals surface area contributed by atoms with Crippen LogP contribution >= 0.6 is 0 Å². The second kappa shape index (κ2) is 10.2. The van der Waals surface area contributed by atoms with Crippen molar-refractivity contribution in [1.82, 2.24) is 9.80 Å². The molecule has 2 aliphatic heterocycles. The molecule has 0 spiro atoms. The first kappa shape index (κ1) is 20.3. The van der Waals surface area contributed by atoms with Gasteiger partial charge < -0.3 is 14.7 Å². The summed E-state index contributed by atoms with van der Waals surface area (Å²) in [5, 5.41) is 9.16. The van der Waals surface area contributed by atoms with E-state index in [0.29, 0.717) is 12.5 Å². The highest BCUT2D eigenvalue weighted by molar-refractivity contribution is 5.76. The first-order valence-corrected chi connectivity index (χ1v) is 10.4. The van der Waals surface area contributed by atoms with Crippen LogP contribution in [0.25, 0.3) is 0 Å². The Morgan fingerprint density at radius 1 is 1.22 bits per heavy atom. The number of hydrogen-bond acceptors (Lipinski definition) is 4. The molecule has 2 heterocycles. The van der Waals surface area contributed by atoms with Gasteiger partial charge in [0, 0.05) is 32.7 Å². The minimum atomic E-state index is -0.0737. The molecule has 0 aromatic heterocycles. The standard InChI is InChI=1S/C22H34N2O3/c1-18-5-2-3-6-20(18)16-23-11-8-19(9-12-23)15-24(22(26)10-13-25)17-21-7-4-14-27-21/h2-3,5-6,19,21,25H,4,7-17H2,1H3/t21-/m1/s1. The topological polar surface area (TPSA) is 53.0 Å². The van der Waals surface area contributed by atoms with Crippen molar-refractivity contribution in [3.05, 3.63) is 35.4 Å². The van der Waals surface area contributed by atoms with Crippen LogP contribution in [0.2, 0.25) is 0 Å². The molecule has 2 fully saturated rings. The predicted molar refractivity (Wildman–Crippen MR) is 106 cm³/mol. The van der Waals surface area contributed by atoms with E-state index in [1.165, 1.54) is 11.1 Å². The minimum absolute atomic E-state index is 0.0651. The molecule has 5 nitrogen and oxygen atoms in total. The fourth-order valence-corrected chi connectivity index (χ4v) is 4.23. The normalized spacial score (nSPS) is 21.5. The van der Waals surface area contributed by atoms with E-state index in [4.69, 9.17) is 9.84 Å². The van der Waals surface area contributed by atoms with Crippen molar-refractivity contribution in [2.75, 3.05) is 39.4 Å². The van der Waals surface area contributed by atoms with E-state index >= 15 is 0 Å². The second-order valence-corrected chi connectivity index (χ2v) is 8.05. The van der Waals surface area contributed by atoms with E-state index < -0.39 is 0 Å². The highest BCUT2D eigenvalue weighted by atomic mass is 16.5. The zero-order valence-electron chi connectivity index (χ0n) is 16.6. The SMILES string of the molecule is Cc1ccccc1CN1CCC(CN(C[C@H]2CCCO2)C(=O)CCO)CC1. The van der Waals surface area contributed by atoms with Gasteiger partial charge in [-0.2, -0.15) is 0 Å². The van der Waals surface area contributed by atoms with Gasteiger partial charge in [-0.15, -0.1) is 0 Å². The van der Waals surface area contributed by atoms with Crippen molar-refractivity contribution >= 4 is 5.91 Å². The van der Waals surface area contributed by atoms with E-state index in [-0.39, 0.29) is 25.0 Å². The van der Waals surface area contributed by atoms with Crippen molar-refractivity contribution in [1.29, 1.82) is 0 Å². The molecule has 0 saturated carbocycles. The number of carbonyl (C=O) groups excluding carboxylic acids is 1. The molecule has 2 saturated heterocycles. The lowest BCUT2D eigenvalue weighted by atomic mass is 9.95. The van der Waals surface area contributed by atoms with Crippen molar-refractivity contribution in [2.45, 2.75) is 51.7 Å². The van der Waals surface area contributed by atoms with E-state index in [1.807, 2.05) is 4.90 Å². The monoisotopic (exact) mass is 374 g/mol. The fraction of sp³-hybridized carbons (Fsp3) is 0.682. The van der Waals surface area contributed by atoms with Crippen LogP contribution in [0.4, 0.5) is 0 Å². The van der Waals surface area contributed by atoms with Crippen molar-refractivity contribution < 1.29 is 14.6 Å². The van der Waals surface area contributed by atoms with Gasteiger partial charge in [-0.25, -0.2) is 0 Å². The van der Waals surface area contributed by atoms with Gasteiger partial charge in [0.25, 0.3) is 0 Å². The van der Waals surface area contributed by atoms with E-state index in [9.17, 15) is 4.79 Å². The summed E-state index contributed by atoms with van der Waals surface area (Å²) < 4.78 is 5.73. The Balaban J connectivity index is 1.49.